The van der Waals surface area contributed by atoms with Crippen molar-refractivity contribution in [2.75, 3.05) is 18.0 Å². The van der Waals surface area contributed by atoms with Gasteiger partial charge >= 0.3 is 0 Å². The fraction of sp³-hybridized carbons (Fsp3) is 0.158. The van der Waals surface area contributed by atoms with Crippen LogP contribution in [0.1, 0.15) is 37.5 Å². The van der Waals surface area contributed by atoms with Crippen molar-refractivity contribution in [2.45, 2.75) is 6.42 Å². The third kappa shape index (κ3) is 2.34. The molecule has 3 amide bonds. The summed E-state index contributed by atoms with van der Waals surface area (Å²) in [5.74, 6) is -1.32. The predicted octanol–water partition coefficient (Wildman–Crippen LogP) is 1.90. The highest BCUT2D eigenvalue weighted by Crippen LogP contribution is 2.28. The van der Waals surface area contributed by atoms with Crippen molar-refractivity contribution in [3.63, 3.8) is 0 Å². The molecule has 0 aromatic heterocycles. The average molecular weight is 334 g/mol. The molecule has 2 aromatic rings. The van der Waals surface area contributed by atoms with E-state index in [1.165, 1.54) is 4.90 Å². The van der Waals surface area contributed by atoms with E-state index in [1.807, 2.05) is 0 Å². The Balaban J connectivity index is 1.60. The van der Waals surface area contributed by atoms with E-state index in [0.717, 1.165) is 4.90 Å². The van der Waals surface area contributed by atoms with Crippen LogP contribution in [0.15, 0.2) is 48.5 Å². The number of hydrogen-bond acceptors (Lipinski definition) is 4. The number of para-hydroxylation sites is 1. The minimum atomic E-state index is -0.463. The van der Waals surface area contributed by atoms with E-state index in [0.29, 0.717) is 22.4 Å². The first-order valence-electron chi connectivity index (χ1n) is 7.96. The number of carbonyl (C=O) groups is 4. The van der Waals surface area contributed by atoms with Gasteiger partial charge in [-0.25, -0.2) is 0 Å². The van der Waals surface area contributed by atoms with Crippen molar-refractivity contribution in [3.8, 4) is 0 Å². The molecule has 0 bridgehead atoms. The van der Waals surface area contributed by atoms with Gasteiger partial charge < -0.3 is 4.90 Å². The standard InChI is InChI=1S/C19H14N2O4/c22-16-9-10-20(15-8-4-3-7-14(15)16)17(23)11-21-18(24)12-5-1-2-6-13(12)19(21)25/h1-8H,9-11H2. The first kappa shape index (κ1) is 15.3. The lowest BCUT2D eigenvalue weighted by atomic mass is 10.0. The van der Waals surface area contributed by atoms with E-state index in [9.17, 15) is 19.2 Å². The van der Waals surface area contributed by atoms with Crippen LogP contribution >= 0.6 is 0 Å². The van der Waals surface area contributed by atoms with Crippen LogP contribution in [0.25, 0.3) is 0 Å². The molecule has 2 heterocycles. The number of anilines is 1. The lowest BCUT2D eigenvalue weighted by Crippen LogP contribution is -2.45. The second-order valence-corrected chi connectivity index (χ2v) is 5.98. The van der Waals surface area contributed by atoms with Crippen molar-refractivity contribution >= 4 is 29.2 Å². The van der Waals surface area contributed by atoms with Gasteiger partial charge in [0, 0.05) is 18.5 Å². The molecule has 0 unspecified atom stereocenters. The second kappa shape index (κ2) is 5.66. The Labute approximate surface area is 143 Å². The second-order valence-electron chi connectivity index (χ2n) is 5.98. The molecular weight excluding hydrogens is 320 g/mol. The molecule has 124 valence electrons. The van der Waals surface area contributed by atoms with Crippen LogP contribution in [0.3, 0.4) is 0 Å². The molecule has 0 saturated heterocycles. The van der Waals surface area contributed by atoms with Gasteiger partial charge in [0.15, 0.2) is 5.78 Å². The topological polar surface area (TPSA) is 74.8 Å². The largest absolute Gasteiger partial charge is 0.310 e. The zero-order valence-corrected chi connectivity index (χ0v) is 13.3. The van der Waals surface area contributed by atoms with Gasteiger partial charge in [0.1, 0.15) is 6.54 Å². The highest BCUT2D eigenvalue weighted by molar-refractivity contribution is 6.23. The highest BCUT2D eigenvalue weighted by atomic mass is 16.2. The van der Waals surface area contributed by atoms with E-state index in [-0.39, 0.29) is 31.2 Å². The van der Waals surface area contributed by atoms with Gasteiger partial charge in [-0.05, 0) is 24.3 Å². The number of rotatable bonds is 2. The molecule has 0 N–H and O–H groups in total. The summed E-state index contributed by atoms with van der Waals surface area (Å²) >= 11 is 0. The van der Waals surface area contributed by atoms with Gasteiger partial charge in [-0.3, -0.25) is 24.1 Å². The van der Waals surface area contributed by atoms with Crippen LogP contribution in [0.4, 0.5) is 5.69 Å². The lowest BCUT2D eigenvalue weighted by molar-refractivity contribution is -0.119. The van der Waals surface area contributed by atoms with Crippen molar-refractivity contribution < 1.29 is 19.2 Å². The first-order chi connectivity index (χ1) is 12.1. The van der Waals surface area contributed by atoms with Crippen molar-refractivity contribution in [1.82, 2.24) is 4.90 Å². The number of amides is 3. The van der Waals surface area contributed by atoms with Gasteiger partial charge in [-0.1, -0.05) is 24.3 Å². The molecule has 2 aliphatic rings. The maximum absolute atomic E-state index is 12.7. The SMILES string of the molecule is O=C1CCN(C(=O)CN2C(=O)c3ccccc3C2=O)c2ccccc21. The van der Waals surface area contributed by atoms with E-state index in [1.54, 1.807) is 48.5 Å². The first-order valence-corrected chi connectivity index (χ1v) is 7.96. The van der Waals surface area contributed by atoms with Gasteiger partial charge in [0.05, 0.1) is 16.8 Å². The Hall–Kier alpha value is -3.28. The number of hydrogen-bond donors (Lipinski definition) is 0. The number of ketones is 1. The minimum absolute atomic E-state index is 0.0135. The molecule has 6 nitrogen and oxygen atoms in total. The normalized spacial score (nSPS) is 16.1. The summed E-state index contributed by atoms with van der Waals surface area (Å²) in [6.07, 6.45) is 0.227. The Morgan fingerprint density at radius 2 is 1.40 bits per heavy atom. The molecule has 2 aromatic carbocycles. The molecule has 6 heteroatoms. The fourth-order valence-electron chi connectivity index (χ4n) is 3.28. The number of Topliss-reactive ketones (excluding diaryl/α,β-unsaturated/α-hetero) is 1. The lowest BCUT2D eigenvalue weighted by Gasteiger charge is -2.29. The molecule has 2 aliphatic heterocycles. The average Bonchev–Trinajstić information content (AvgIpc) is 2.87. The Bertz CT molecular complexity index is 900. The molecular formula is C19H14N2O4. The van der Waals surface area contributed by atoms with E-state index in [4.69, 9.17) is 0 Å². The number of nitrogens with zero attached hydrogens (tertiary/aromatic N) is 2. The van der Waals surface area contributed by atoms with Crippen molar-refractivity contribution in [1.29, 1.82) is 0 Å². The maximum Gasteiger partial charge on any atom is 0.262 e. The van der Waals surface area contributed by atoms with Crippen LogP contribution in [-0.2, 0) is 4.79 Å². The summed E-state index contributed by atoms with van der Waals surface area (Å²) in [7, 11) is 0. The number of imide groups is 1. The van der Waals surface area contributed by atoms with Crippen molar-refractivity contribution in [3.05, 3.63) is 65.2 Å². The van der Waals surface area contributed by atoms with E-state index < -0.39 is 11.8 Å². The summed E-state index contributed by atoms with van der Waals surface area (Å²) < 4.78 is 0. The molecule has 0 aliphatic carbocycles. The summed E-state index contributed by atoms with van der Waals surface area (Å²) in [4.78, 5) is 52.0. The fourth-order valence-corrected chi connectivity index (χ4v) is 3.28. The van der Waals surface area contributed by atoms with Crippen LogP contribution in [-0.4, -0.2) is 41.5 Å². The van der Waals surface area contributed by atoms with Gasteiger partial charge in [0.2, 0.25) is 5.91 Å². The quantitative estimate of drug-likeness (QED) is 0.786. The monoisotopic (exact) mass is 334 g/mol. The van der Waals surface area contributed by atoms with Crippen molar-refractivity contribution in [2.24, 2.45) is 0 Å². The number of fused-ring (bicyclic) bond motifs is 2. The van der Waals surface area contributed by atoms with Crippen LogP contribution < -0.4 is 4.90 Å². The third-order valence-corrected chi connectivity index (χ3v) is 4.53. The third-order valence-electron chi connectivity index (χ3n) is 4.53. The smallest absolute Gasteiger partial charge is 0.262 e. The van der Waals surface area contributed by atoms with Crippen LogP contribution in [0, 0.1) is 0 Å². The number of carbonyl (C=O) groups excluding carboxylic acids is 4. The Morgan fingerprint density at radius 3 is 2.04 bits per heavy atom. The van der Waals surface area contributed by atoms with Gasteiger partial charge in [-0.2, -0.15) is 0 Å². The molecule has 25 heavy (non-hydrogen) atoms. The predicted molar refractivity (Wildman–Crippen MR) is 89.6 cm³/mol. The summed E-state index contributed by atoms with van der Waals surface area (Å²) in [6, 6.07) is 13.4. The molecule has 4 rings (SSSR count). The molecule has 0 radical (unpaired) electrons. The van der Waals surface area contributed by atoms with E-state index in [2.05, 4.69) is 0 Å². The minimum Gasteiger partial charge on any atom is -0.310 e. The molecule has 0 atom stereocenters. The highest BCUT2D eigenvalue weighted by Gasteiger charge is 2.38. The molecule has 0 saturated carbocycles. The van der Waals surface area contributed by atoms with Crippen LogP contribution in [0.2, 0.25) is 0 Å². The summed E-state index contributed by atoms with van der Waals surface area (Å²) in [5, 5.41) is 0. The number of benzene rings is 2. The van der Waals surface area contributed by atoms with Gasteiger partial charge in [-0.15, -0.1) is 0 Å². The van der Waals surface area contributed by atoms with Gasteiger partial charge in [0.25, 0.3) is 11.8 Å². The van der Waals surface area contributed by atoms with E-state index >= 15 is 0 Å². The Kier molecular flexibility index (Phi) is 3.46. The zero-order valence-electron chi connectivity index (χ0n) is 13.3. The molecule has 0 spiro atoms. The maximum atomic E-state index is 12.7. The zero-order chi connectivity index (χ0) is 17.6. The van der Waals surface area contributed by atoms with Crippen LogP contribution in [0.5, 0.6) is 0 Å². The summed E-state index contributed by atoms with van der Waals surface area (Å²) in [5.41, 5.74) is 1.65. The summed E-state index contributed by atoms with van der Waals surface area (Å²) in [6.45, 7) is -0.0906. The molecule has 0 fully saturated rings. The Morgan fingerprint density at radius 1 is 0.840 bits per heavy atom.